The fourth-order valence-corrected chi connectivity index (χ4v) is 5.84. The highest BCUT2D eigenvalue weighted by Gasteiger charge is 2.60. The van der Waals surface area contributed by atoms with E-state index < -0.39 is 16.4 Å². The van der Waals surface area contributed by atoms with Gasteiger partial charge in [-0.25, -0.2) is 0 Å². The predicted octanol–water partition coefficient (Wildman–Crippen LogP) is 5.46. The van der Waals surface area contributed by atoms with Crippen molar-refractivity contribution in [2.24, 2.45) is 0 Å². The highest BCUT2D eigenvalue weighted by atomic mass is 16.6. The molecule has 184 valence electrons. The van der Waals surface area contributed by atoms with Crippen molar-refractivity contribution in [3.8, 4) is 0 Å². The van der Waals surface area contributed by atoms with Gasteiger partial charge in [-0.05, 0) is 48.2 Å². The Hall–Kier alpha value is -4.00. The second-order valence-corrected chi connectivity index (χ2v) is 9.61. The second-order valence-electron chi connectivity index (χ2n) is 9.61. The third-order valence-corrected chi connectivity index (χ3v) is 7.51. The van der Waals surface area contributed by atoms with Crippen molar-refractivity contribution in [3.05, 3.63) is 106 Å². The van der Waals surface area contributed by atoms with Crippen molar-refractivity contribution in [2.75, 3.05) is 4.90 Å². The summed E-state index contributed by atoms with van der Waals surface area (Å²) in [6, 6.07) is 25.0. The van der Waals surface area contributed by atoms with Crippen LogP contribution in [-0.2, 0) is 15.1 Å². The fourth-order valence-electron chi connectivity index (χ4n) is 5.84. The normalized spacial score (nSPS) is 22.4. The fraction of sp³-hybridized carbons (Fsp3) is 0.310. The van der Waals surface area contributed by atoms with Gasteiger partial charge in [-0.2, -0.15) is 0 Å². The first-order valence-corrected chi connectivity index (χ1v) is 12.5. The minimum absolute atomic E-state index is 0.0333. The number of anilines is 1. The van der Waals surface area contributed by atoms with E-state index in [1.807, 2.05) is 60.7 Å². The van der Waals surface area contributed by atoms with Crippen LogP contribution in [0.25, 0.3) is 0 Å². The Bertz CT molecular complexity index is 1240. The van der Waals surface area contributed by atoms with Gasteiger partial charge in [0.05, 0.1) is 4.92 Å². The van der Waals surface area contributed by atoms with E-state index >= 15 is 0 Å². The molecule has 2 atom stereocenters. The molecule has 3 aromatic rings. The van der Waals surface area contributed by atoms with Gasteiger partial charge < -0.3 is 5.32 Å². The maximum Gasteiger partial charge on any atom is 0.269 e. The largest absolute Gasteiger partial charge is 0.351 e. The number of rotatable bonds is 6. The molecule has 2 aliphatic rings. The number of nitrogens with one attached hydrogen (secondary N) is 1. The van der Waals surface area contributed by atoms with E-state index in [1.54, 1.807) is 17.0 Å². The zero-order valence-electron chi connectivity index (χ0n) is 20.0. The number of nitrogens with zero attached hydrogens (tertiary/aromatic N) is 2. The summed E-state index contributed by atoms with van der Waals surface area (Å²) in [6.45, 7) is 0. The van der Waals surface area contributed by atoms with Gasteiger partial charge in [0.2, 0.25) is 5.91 Å². The predicted molar refractivity (Wildman–Crippen MR) is 138 cm³/mol. The molecule has 1 saturated heterocycles. The monoisotopic (exact) mass is 483 g/mol. The van der Waals surface area contributed by atoms with Gasteiger partial charge >= 0.3 is 0 Å². The molecule has 1 saturated carbocycles. The van der Waals surface area contributed by atoms with Crippen LogP contribution < -0.4 is 10.2 Å². The average Bonchev–Trinajstić information content (AvgIpc) is 3.24. The molecule has 0 unspecified atom stereocenters. The summed E-state index contributed by atoms with van der Waals surface area (Å²) in [6.07, 6.45) is 5.21. The van der Waals surface area contributed by atoms with Crippen LogP contribution in [0.4, 0.5) is 11.4 Å². The summed E-state index contributed by atoms with van der Waals surface area (Å²) in [7, 11) is 0. The first-order valence-electron chi connectivity index (χ1n) is 12.5. The highest BCUT2D eigenvalue weighted by molar-refractivity contribution is 6.09. The number of hydrogen-bond donors (Lipinski definition) is 1. The van der Waals surface area contributed by atoms with Crippen LogP contribution in [0.5, 0.6) is 0 Å². The molecule has 1 aliphatic heterocycles. The first-order chi connectivity index (χ1) is 17.5. The second kappa shape index (κ2) is 9.93. The third-order valence-electron chi connectivity index (χ3n) is 7.51. The number of nitro benzene ring substituents is 1. The lowest BCUT2D eigenvalue weighted by Gasteiger charge is -2.42. The van der Waals surface area contributed by atoms with Crippen molar-refractivity contribution < 1.29 is 14.5 Å². The van der Waals surface area contributed by atoms with Gasteiger partial charge in [0.1, 0.15) is 0 Å². The molecule has 3 aromatic carbocycles. The molecule has 36 heavy (non-hydrogen) atoms. The third kappa shape index (κ3) is 4.15. The molecule has 2 amide bonds. The molecular formula is C29H29N3O4. The zero-order valence-corrected chi connectivity index (χ0v) is 20.0. The Morgan fingerprint density at radius 2 is 1.50 bits per heavy atom. The molecule has 1 N–H and O–H groups in total. The van der Waals surface area contributed by atoms with Crippen LogP contribution in [0, 0.1) is 10.1 Å². The number of carbonyl (C=O) groups is 2. The van der Waals surface area contributed by atoms with Crippen LogP contribution >= 0.6 is 0 Å². The molecular weight excluding hydrogens is 454 g/mol. The lowest BCUT2D eigenvalue weighted by Crippen LogP contribution is -2.58. The van der Waals surface area contributed by atoms with Gasteiger partial charge in [-0.3, -0.25) is 24.6 Å². The molecule has 1 heterocycles. The molecule has 7 heteroatoms. The van der Waals surface area contributed by atoms with Crippen LogP contribution in [-0.4, -0.2) is 22.8 Å². The number of hydrogen-bond acceptors (Lipinski definition) is 4. The van der Waals surface area contributed by atoms with E-state index in [1.165, 1.54) is 12.1 Å². The minimum atomic E-state index is -1.40. The molecule has 2 fully saturated rings. The topological polar surface area (TPSA) is 92.5 Å². The van der Waals surface area contributed by atoms with Crippen molar-refractivity contribution in [2.45, 2.75) is 56.0 Å². The minimum Gasteiger partial charge on any atom is -0.351 e. The Morgan fingerprint density at radius 1 is 0.889 bits per heavy atom. The van der Waals surface area contributed by atoms with Crippen LogP contribution in [0.3, 0.4) is 0 Å². The molecule has 5 rings (SSSR count). The zero-order chi connectivity index (χ0) is 25.1. The maximum atomic E-state index is 14.5. The number of non-ortho nitro benzene ring substituents is 1. The number of amides is 2. The molecule has 7 nitrogen and oxygen atoms in total. The summed E-state index contributed by atoms with van der Waals surface area (Å²) in [5, 5.41) is 14.7. The van der Waals surface area contributed by atoms with Crippen molar-refractivity contribution in [3.63, 3.8) is 0 Å². The lowest BCUT2D eigenvalue weighted by atomic mass is 9.73. The summed E-state index contributed by atoms with van der Waals surface area (Å²) in [5.74, 6) is -0.879. The van der Waals surface area contributed by atoms with Gasteiger partial charge in [-0.15, -0.1) is 0 Å². The number of benzene rings is 3. The maximum absolute atomic E-state index is 14.5. The Balaban J connectivity index is 1.73. The summed E-state index contributed by atoms with van der Waals surface area (Å²) in [5.41, 5.74) is 0.602. The van der Waals surface area contributed by atoms with E-state index in [0.717, 1.165) is 37.7 Å². The van der Waals surface area contributed by atoms with Crippen molar-refractivity contribution in [1.29, 1.82) is 0 Å². The number of para-hydroxylation sites is 1. The summed E-state index contributed by atoms with van der Waals surface area (Å²) >= 11 is 0. The Labute approximate surface area is 210 Å². The van der Waals surface area contributed by atoms with E-state index in [2.05, 4.69) is 5.32 Å². The van der Waals surface area contributed by atoms with Crippen LogP contribution in [0.2, 0.25) is 0 Å². The van der Waals surface area contributed by atoms with Crippen LogP contribution in [0.1, 0.15) is 55.6 Å². The highest BCUT2D eigenvalue weighted by Crippen LogP contribution is 2.52. The van der Waals surface area contributed by atoms with Gasteiger partial charge in [0, 0.05) is 36.2 Å². The van der Waals surface area contributed by atoms with E-state index in [4.69, 9.17) is 0 Å². The first kappa shape index (κ1) is 23.7. The lowest BCUT2D eigenvalue weighted by molar-refractivity contribution is -0.384. The van der Waals surface area contributed by atoms with Gasteiger partial charge in [-0.1, -0.05) is 67.8 Å². The van der Waals surface area contributed by atoms with E-state index in [0.29, 0.717) is 11.3 Å². The average molecular weight is 484 g/mol. The smallest absolute Gasteiger partial charge is 0.269 e. The quantitative estimate of drug-likeness (QED) is 0.372. The number of carbonyl (C=O) groups excluding carboxylic acids is 2. The summed E-state index contributed by atoms with van der Waals surface area (Å²) in [4.78, 5) is 40.8. The van der Waals surface area contributed by atoms with Crippen molar-refractivity contribution >= 4 is 23.2 Å². The van der Waals surface area contributed by atoms with Gasteiger partial charge in [0.15, 0.2) is 5.54 Å². The van der Waals surface area contributed by atoms with E-state index in [-0.39, 0.29) is 30.0 Å². The Kier molecular flexibility index (Phi) is 6.55. The standard InChI is InChI=1S/C29H29N3O4/c33-27-20-26(21-10-4-1-5-11-21)29(31(27)24-14-8-3-9-15-24,22-16-18-25(19-17-22)32(35)36)28(34)30-23-12-6-2-7-13-23/h1,3-5,8-11,14-19,23,26H,2,6-7,12-13,20H2,(H,30,34)/t26-,29+/m0/s1. The van der Waals surface area contributed by atoms with E-state index in [9.17, 15) is 19.7 Å². The van der Waals surface area contributed by atoms with Crippen LogP contribution in [0.15, 0.2) is 84.9 Å². The molecule has 0 spiro atoms. The molecule has 0 radical (unpaired) electrons. The molecule has 0 bridgehead atoms. The van der Waals surface area contributed by atoms with Gasteiger partial charge in [0.25, 0.3) is 11.6 Å². The molecule has 0 aromatic heterocycles. The molecule has 1 aliphatic carbocycles. The number of nitro groups is 1. The Morgan fingerprint density at radius 3 is 2.11 bits per heavy atom. The summed E-state index contributed by atoms with van der Waals surface area (Å²) < 4.78 is 0. The van der Waals surface area contributed by atoms with Crippen molar-refractivity contribution in [1.82, 2.24) is 5.32 Å². The SMILES string of the molecule is O=C1C[C@@H](c2ccccc2)[C@@](C(=O)NC2CCCCC2)(c2ccc([N+](=O)[O-])cc2)N1c1ccccc1.